The minimum atomic E-state index is -0.534. The zero-order chi connectivity index (χ0) is 28.1. The van der Waals surface area contributed by atoms with Gasteiger partial charge in [-0.3, -0.25) is 28.7 Å². The highest BCUT2D eigenvalue weighted by Crippen LogP contribution is 2.25. The van der Waals surface area contributed by atoms with Gasteiger partial charge >= 0.3 is 11.4 Å². The van der Waals surface area contributed by atoms with E-state index in [1.807, 2.05) is 25.9 Å². The molecule has 0 aliphatic carbocycles. The lowest BCUT2D eigenvalue weighted by Gasteiger charge is -2.30. The van der Waals surface area contributed by atoms with Gasteiger partial charge in [0.05, 0.1) is 26.4 Å². The summed E-state index contributed by atoms with van der Waals surface area (Å²) in [6.07, 6.45) is 0. The molecule has 4 aromatic rings. The molecule has 0 atom stereocenters. The van der Waals surface area contributed by atoms with E-state index in [0.29, 0.717) is 99.9 Å². The standard InChI is InChI=1S/C24H32N10O6/c1-14(12-33-15-17(29(2)23(37)27-19(15)35)25-21(33)31-4-8-39-9-5-31)13-34-16-18(30(3)24(38)28-20(16)36)26-22(34)32-6-10-40-11-7-32/h14H,4-13H2,1-3H3,(H,27,35,37)(H,28,36,38). The molecular weight excluding hydrogens is 524 g/mol. The summed E-state index contributed by atoms with van der Waals surface area (Å²) in [5, 5.41) is 0. The predicted molar refractivity (Wildman–Crippen MR) is 146 cm³/mol. The van der Waals surface area contributed by atoms with Crippen molar-refractivity contribution in [2.45, 2.75) is 20.0 Å². The molecule has 6 heterocycles. The van der Waals surface area contributed by atoms with E-state index in [-0.39, 0.29) is 5.92 Å². The number of hydrogen-bond acceptors (Lipinski definition) is 10. The van der Waals surface area contributed by atoms with E-state index in [2.05, 4.69) is 9.97 Å². The normalized spacial score (nSPS) is 16.6. The number of nitrogens with zero attached hydrogens (tertiary/aromatic N) is 8. The molecular formula is C24H32N10O6. The minimum absolute atomic E-state index is 0.123. The van der Waals surface area contributed by atoms with Gasteiger partial charge in [0.2, 0.25) is 11.9 Å². The highest BCUT2D eigenvalue weighted by atomic mass is 16.5. The van der Waals surface area contributed by atoms with Crippen LogP contribution in [0.25, 0.3) is 22.3 Å². The Morgan fingerprint density at radius 2 is 1.07 bits per heavy atom. The van der Waals surface area contributed by atoms with Crippen molar-refractivity contribution in [3.05, 3.63) is 41.7 Å². The van der Waals surface area contributed by atoms with Crippen LogP contribution < -0.4 is 32.3 Å². The fraction of sp³-hybridized carbons (Fsp3) is 0.583. The van der Waals surface area contributed by atoms with E-state index in [1.54, 1.807) is 14.1 Å². The summed E-state index contributed by atoms with van der Waals surface area (Å²) in [5.41, 5.74) is -0.870. The topological polar surface area (TPSA) is 170 Å². The first-order valence-electron chi connectivity index (χ1n) is 13.3. The molecule has 0 aromatic carbocycles. The maximum atomic E-state index is 13.0. The number of nitrogens with one attached hydrogen (secondary N) is 2. The van der Waals surface area contributed by atoms with Crippen LogP contribution in [0.4, 0.5) is 11.9 Å². The lowest BCUT2D eigenvalue weighted by atomic mass is 10.1. The van der Waals surface area contributed by atoms with Gasteiger partial charge in [-0.2, -0.15) is 9.97 Å². The lowest BCUT2D eigenvalue weighted by Crippen LogP contribution is -2.39. The number of hydrogen-bond donors (Lipinski definition) is 2. The van der Waals surface area contributed by atoms with E-state index in [4.69, 9.17) is 19.4 Å². The molecule has 0 spiro atoms. The molecule has 214 valence electrons. The van der Waals surface area contributed by atoms with E-state index in [0.717, 1.165) is 0 Å². The number of fused-ring (bicyclic) bond motifs is 2. The molecule has 4 aromatic heterocycles. The largest absolute Gasteiger partial charge is 0.378 e. The second-order valence-electron chi connectivity index (χ2n) is 10.3. The van der Waals surface area contributed by atoms with Crippen molar-refractivity contribution in [1.29, 1.82) is 0 Å². The Morgan fingerprint density at radius 3 is 1.45 bits per heavy atom. The van der Waals surface area contributed by atoms with Gasteiger partial charge in [-0.15, -0.1) is 0 Å². The van der Waals surface area contributed by atoms with Gasteiger partial charge in [-0.05, 0) is 5.92 Å². The minimum Gasteiger partial charge on any atom is -0.378 e. The molecule has 0 amide bonds. The zero-order valence-corrected chi connectivity index (χ0v) is 22.7. The molecule has 6 rings (SSSR count). The number of H-pyrrole nitrogens is 2. The van der Waals surface area contributed by atoms with Crippen LogP contribution >= 0.6 is 0 Å². The van der Waals surface area contributed by atoms with Gasteiger partial charge in [-0.1, -0.05) is 6.92 Å². The van der Waals surface area contributed by atoms with Crippen molar-refractivity contribution < 1.29 is 9.47 Å². The number of aryl methyl sites for hydroxylation is 2. The summed E-state index contributed by atoms with van der Waals surface area (Å²) in [5.74, 6) is 1.05. The fourth-order valence-corrected chi connectivity index (χ4v) is 5.48. The Morgan fingerprint density at radius 1 is 0.700 bits per heavy atom. The average molecular weight is 557 g/mol. The summed E-state index contributed by atoms with van der Waals surface area (Å²) < 4.78 is 17.4. The average Bonchev–Trinajstić information content (AvgIpc) is 3.51. The first-order valence-corrected chi connectivity index (χ1v) is 13.3. The van der Waals surface area contributed by atoms with Gasteiger partial charge in [-0.25, -0.2) is 9.59 Å². The third kappa shape index (κ3) is 4.32. The summed E-state index contributed by atoms with van der Waals surface area (Å²) in [4.78, 5) is 69.0. The molecule has 2 aliphatic heterocycles. The number of ether oxygens (including phenoxy) is 2. The fourth-order valence-electron chi connectivity index (χ4n) is 5.48. The molecule has 0 unspecified atom stereocenters. The highest BCUT2D eigenvalue weighted by Gasteiger charge is 2.27. The van der Waals surface area contributed by atoms with Gasteiger partial charge in [0.15, 0.2) is 22.3 Å². The van der Waals surface area contributed by atoms with Crippen LogP contribution in [-0.2, 0) is 36.7 Å². The van der Waals surface area contributed by atoms with Gasteiger partial charge in [0.1, 0.15) is 0 Å². The van der Waals surface area contributed by atoms with Crippen LogP contribution in [-0.4, -0.2) is 90.8 Å². The third-order valence-electron chi connectivity index (χ3n) is 7.55. The molecule has 0 saturated carbocycles. The molecule has 2 fully saturated rings. The van der Waals surface area contributed by atoms with E-state index in [1.165, 1.54) is 9.13 Å². The zero-order valence-electron chi connectivity index (χ0n) is 22.7. The van der Waals surface area contributed by atoms with Crippen molar-refractivity contribution in [2.24, 2.45) is 20.0 Å². The van der Waals surface area contributed by atoms with Crippen molar-refractivity contribution in [3.63, 3.8) is 0 Å². The van der Waals surface area contributed by atoms with Crippen molar-refractivity contribution in [3.8, 4) is 0 Å². The molecule has 16 heteroatoms. The maximum Gasteiger partial charge on any atom is 0.329 e. The summed E-state index contributed by atoms with van der Waals surface area (Å²) in [6.45, 7) is 7.25. The Hall–Kier alpha value is -4.18. The third-order valence-corrected chi connectivity index (χ3v) is 7.55. The van der Waals surface area contributed by atoms with Crippen molar-refractivity contribution in [1.82, 2.24) is 38.2 Å². The van der Waals surface area contributed by atoms with Gasteiger partial charge in [0.25, 0.3) is 11.1 Å². The molecule has 2 saturated heterocycles. The Balaban J connectivity index is 1.44. The molecule has 40 heavy (non-hydrogen) atoms. The summed E-state index contributed by atoms with van der Waals surface area (Å²) in [6, 6.07) is 0. The van der Waals surface area contributed by atoms with Gasteiger partial charge < -0.3 is 28.4 Å². The van der Waals surface area contributed by atoms with Crippen LogP contribution in [0.1, 0.15) is 6.92 Å². The Kier molecular flexibility index (Phi) is 6.58. The number of aromatic amines is 2. The van der Waals surface area contributed by atoms with Gasteiger partial charge in [0, 0.05) is 53.4 Å². The monoisotopic (exact) mass is 556 g/mol. The van der Waals surface area contributed by atoms with Crippen LogP contribution in [0.2, 0.25) is 0 Å². The molecule has 2 aliphatic rings. The number of imidazole rings is 2. The SMILES string of the molecule is CC(Cn1c(N2CCOCC2)nc2c1c(=O)[nH]c(=O)n2C)Cn1c(N2CCOCC2)nc2c1c(=O)[nH]c(=O)n2C. The second-order valence-corrected chi connectivity index (χ2v) is 10.3. The predicted octanol–water partition coefficient (Wildman–Crippen LogP) is -1.83. The van der Waals surface area contributed by atoms with Crippen molar-refractivity contribution >= 4 is 34.2 Å². The van der Waals surface area contributed by atoms with Crippen LogP contribution in [0, 0.1) is 5.92 Å². The molecule has 0 bridgehead atoms. The quantitative estimate of drug-likeness (QED) is 0.275. The van der Waals surface area contributed by atoms with E-state index >= 15 is 0 Å². The lowest BCUT2D eigenvalue weighted by molar-refractivity contribution is 0.121. The molecule has 2 N–H and O–H groups in total. The maximum absolute atomic E-state index is 13.0. The van der Waals surface area contributed by atoms with E-state index in [9.17, 15) is 19.2 Å². The summed E-state index contributed by atoms with van der Waals surface area (Å²) in [7, 11) is 3.15. The van der Waals surface area contributed by atoms with Crippen LogP contribution in [0.5, 0.6) is 0 Å². The molecule has 0 radical (unpaired) electrons. The first kappa shape index (κ1) is 26.1. The number of rotatable bonds is 6. The first-order chi connectivity index (χ1) is 19.2. The van der Waals surface area contributed by atoms with Crippen LogP contribution in [0.3, 0.4) is 0 Å². The Bertz CT molecular complexity index is 1680. The number of anilines is 2. The Labute approximate surface area is 226 Å². The highest BCUT2D eigenvalue weighted by molar-refractivity contribution is 5.75. The summed E-state index contributed by atoms with van der Waals surface area (Å²) >= 11 is 0. The van der Waals surface area contributed by atoms with Crippen LogP contribution in [0.15, 0.2) is 19.2 Å². The molecule has 16 nitrogen and oxygen atoms in total. The van der Waals surface area contributed by atoms with E-state index < -0.39 is 22.5 Å². The number of morpholine rings is 2. The van der Waals surface area contributed by atoms with Crippen molar-refractivity contribution in [2.75, 3.05) is 62.4 Å². The second kappa shape index (κ2) is 10.1. The smallest absolute Gasteiger partial charge is 0.329 e. The number of aromatic nitrogens is 8.